The average molecular weight is 240 g/mol. The fraction of sp³-hybridized carbons (Fsp3) is 0.0667. The normalized spacial score (nSPS) is 11.2. The number of hydrogen-bond acceptors (Lipinski definition) is 2. The number of ketones is 1. The Bertz CT molecular complexity index is 559. The van der Waals surface area contributed by atoms with Crippen molar-refractivity contribution in [2.45, 2.75) is 6.42 Å². The predicted molar refractivity (Wildman–Crippen MR) is 66.3 cm³/mol. The molecule has 0 amide bonds. The van der Waals surface area contributed by atoms with E-state index in [0.717, 1.165) is 17.4 Å². The van der Waals surface area contributed by atoms with Crippen LogP contribution in [0.15, 0.2) is 54.6 Å². The molecule has 0 N–H and O–H groups in total. The third-order valence-corrected chi connectivity index (χ3v) is 2.73. The zero-order valence-corrected chi connectivity index (χ0v) is 9.71. The molecule has 0 aliphatic rings. The maximum atomic E-state index is 10.9. The molecule has 3 heteroatoms. The van der Waals surface area contributed by atoms with E-state index in [0.29, 0.717) is 17.8 Å². The van der Waals surface area contributed by atoms with Crippen molar-refractivity contribution >= 4 is 12.1 Å². The Labute approximate surface area is 105 Å². The van der Waals surface area contributed by atoms with Gasteiger partial charge in [-0.2, -0.15) is 4.58 Å². The molecule has 2 aromatic rings. The summed E-state index contributed by atoms with van der Waals surface area (Å²) in [4.78, 5) is 10.9. The second-order valence-corrected chi connectivity index (χ2v) is 3.87. The maximum absolute atomic E-state index is 10.9. The van der Waals surface area contributed by atoms with Crippen LogP contribution >= 0.6 is 0 Å². The van der Waals surface area contributed by atoms with E-state index in [2.05, 4.69) is 4.58 Å². The molecule has 0 fully saturated rings. The molecule has 0 aromatic heterocycles. The molecule has 0 aliphatic carbocycles. The van der Waals surface area contributed by atoms with Gasteiger partial charge in [0.15, 0.2) is 0 Å². The van der Waals surface area contributed by atoms with Crippen molar-refractivity contribution < 1.29 is 14.6 Å². The van der Waals surface area contributed by atoms with Crippen molar-refractivity contribution in [1.29, 1.82) is 0 Å². The second-order valence-electron chi connectivity index (χ2n) is 3.87. The lowest BCUT2D eigenvalue weighted by molar-refractivity contribution is -0.938. The van der Waals surface area contributed by atoms with Crippen molar-refractivity contribution in [2.24, 2.45) is 0 Å². The Balaban J connectivity index is 2.30. The third kappa shape index (κ3) is 2.63. The smallest absolute Gasteiger partial charge is 0.364 e. The number of rotatable bonds is 4. The molecule has 0 bridgehead atoms. The van der Waals surface area contributed by atoms with Gasteiger partial charge in [-0.25, -0.2) is 0 Å². The van der Waals surface area contributed by atoms with Gasteiger partial charge < -0.3 is 5.26 Å². The molecular formula is C15H12O3. The van der Waals surface area contributed by atoms with Crippen LogP contribution in [0.3, 0.4) is 0 Å². The summed E-state index contributed by atoms with van der Waals surface area (Å²) in [6.45, 7) is 0. The molecule has 3 nitrogen and oxygen atoms in total. The van der Waals surface area contributed by atoms with Crippen LogP contribution < -0.4 is 5.26 Å². The Kier molecular flexibility index (Phi) is 3.86. The van der Waals surface area contributed by atoms with Crippen LogP contribution in [-0.2, 0) is 6.42 Å². The van der Waals surface area contributed by atoms with Crippen LogP contribution in [0.4, 0.5) is 0 Å². The number of aldehydes is 1. The van der Waals surface area contributed by atoms with E-state index in [4.69, 9.17) is 0 Å². The highest BCUT2D eigenvalue weighted by molar-refractivity contribution is 5.98. The summed E-state index contributed by atoms with van der Waals surface area (Å²) in [5, 5.41) is 10.8. The molecular weight excluding hydrogens is 228 g/mol. The van der Waals surface area contributed by atoms with Crippen LogP contribution in [0.25, 0.3) is 0 Å². The van der Waals surface area contributed by atoms with Gasteiger partial charge in [0.05, 0.1) is 12.0 Å². The first-order valence-corrected chi connectivity index (χ1v) is 5.59. The second kappa shape index (κ2) is 5.77. The van der Waals surface area contributed by atoms with E-state index in [1.807, 2.05) is 30.3 Å². The zero-order chi connectivity index (χ0) is 12.8. The lowest BCUT2D eigenvalue weighted by atomic mass is 9.99. The van der Waals surface area contributed by atoms with Crippen LogP contribution in [0, 0.1) is 0 Å². The molecule has 0 saturated heterocycles. The van der Waals surface area contributed by atoms with Gasteiger partial charge in [0.1, 0.15) is 6.29 Å². The minimum absolute atomic E-state index is 0.308. The molecule has 0 atom stereocenters. The van der Waals surface area contributed by atoms with Gasteiger partial charge >= 0.3 is 5.78 Å². The monoisotopic (exact) mass is 240 g/mol. The highest BCUT2D eigenvalue weighted by atomic mass is 17.1. The predicted octanol–water partition coefficient (Wildman–Crippen LogP) is 1.74. The number of benzene rings is 2. The van der Waals surface area contributed by atoms with Gasteiger partial charge in [-0.15, -0.1) is 0 Å². The quantitative estimate of drug-likeness (QED) is 0.269. The van der Waals surface area contributed by atoms with Gasteiger partial charge in [-0.1, -0.05) is 42.5 Å². The Morgan fingerprint density at radius 1 is 1.06 bits per heavy atom. The van der Waals surface area contributed by atoms with E-state index in [9.17, 15) is 10.1 Å². The molecule has 2 rings (SSSR count). The van der Waals surface area contributed by atoms with E-state index in [1.54, 1.807) is 24.3 Å². The lowest BCUT2D eigenvalue weighted by Gasteiger charge is -2.01. The Hall–Kier alpha value is -2.42. The van der Waals surface area contributed by atoms with Crippen molar-refractivity contribution in [1.82, 2.24) is 0 Å². The lowest BCUT2D eigenvalue weighted by Crippen LogP contribution is -2.11. The van der Waals surface area contributed by atoms with E-state index >= 15 is 0 Å². The molecule has 0 unspecified atom stereocenters. The van der Waals surface area contributed by atoms with Crippen LogP contribution in [0.2, 0.25) is 0 Å². The van der Waals surface area contributed by atoms with Crippen molar-refractivity contribution in [2.75, 3.05) is 0 Å². The summed E-state index contributed by atoms with van der Waals surface area (Å²) in [5.74, 6) is 0.310. The topological polar surface area (TPSA) is 51.4 Å². The van der Waals surface area contributed by atoms with Crippen molar-refractivity contribution in [3.63, 3.8) is 0 Å². The van der Waals surface area contributed by atoms with Gasteiger partial charge in [0.2, 0.25) is 0 Å². The van der Waals surface area contributed by atoms with Crippen LogP contribution in [0.5, 0.6) is 0 Å². The van der Waals surface area contributed by atoms with Gasteiger partial charge in [-0.3, -0.25) is 4.79 Å². The highest BCUT2D eigenvalue weighted by Gasteiger charge is 2.17. The molecule has 0 saturated carbocycles. The molecule has 0 spiro atoms. The Morgan fingerprint density at radius 3 is 2.39 bits per heavy atom. The summed E-state index contributed by atoms with van der Waals surface area (Å²) >= 11 is 0. The molecule has 90 valence electrons. The zero-order valence-electron chi connectivity index (χ0n) is 9.71. The summed E-state index contributed by atoms with van der Waals surface area (Å²) in [6, 6.07) is 16.3. The SMILES string of the molecule is O=Cc1ccccc1CC(=[O+][O-])c1ccccc1. The summed E-state index contributed by atoms with van der Waals surface area (Å²) in [5.41, 5.74) is 2.08. The van der Waals surface area contributed by atoms with Gasteiger partial charge in [0, 0.05) is 5.56 Å². The minimum atomic E-state index is 0.308. The number of carbonyl (C=O) groups excluding carboxylic acids is 2. The van der Waals surface area contributed by atoms with E-state index in [-0.39, 0.29) is 0 Å². The number of hydrogen-bond donors (Lipinski definition) is 0. The van der Waals surface area contributed by atoms with Crippen molar-refractivity contribution in [3.05, 3.63) is 71.3 Å². The Morgan fingerprint density at radius 2 is 1.72 bits per heavy atom. The molecule has 0 heterocycles. The summed E-state index contributed by atoms with van der Waals surface area (Å²) in [6.07, 6.45) is 1.09. The molecule has 0 aliphatic heterocycles. The maximum Gasteiger partial charge on any atom is 0.364 e. The standard InChI is InChI=1S/C15H12O3/c16-11-14-9-5-4-8-13(14)10-15(18-17)12-6-2-1-3-7-12/h1-9,11H,10H2. The van der Waals surface area contributed by atoms with Gasteiger partial charge in [0.25, 0.3) is 0 Å². The highest BCUT2D eigenvalue weighted by Crippen LogP contribution is 2.11. The van der Waals surface area contributed by atoms with E-state index in [1.165, 1.54) is 0 Å². The van der Waals surface area contributed by atoms with E-state index < -0.39 is 0 Å². The fourth-order valence-corrected chi connectivity index (χ4v) is 1.79. The first kappa shape index (κ1) is 12.0. The minimum Gasteiger partial charge on any atom is -0.462 e. The fourth-order valence-electron chi connectivity index (χ4n) is 1.79. The molecule has 18 heavy (non-hydrogen) atoms. The summed E-state index contributed by atoms with van der Waals surface area (Å²) < 4.78 is 4.19. The third-order valence-electron chi connectivity index (χ3n) is 2.73. The molecule has 2 aromatic carbocycles. The summed E-state index contributed by atoms with van der Waals surface area (Å²) in [7, 11) is 0. The largest absolute Gasteiger partial charge is 0.462 e. The van der Waals surface area contributed by atoms with Gasteiger partial charge in [-0.05, 0) is 17.7 Å². The van der Waals surface area contributed by atoms with Crippen molar-refractivity contribution in [3.8, 4) is 0 Å². The molecule has 0 radical (unpaired) electrons. The first-order valence-electron chi connectivity index (χ1n) is 5.59. The van der Waals surface area contributed by atoms with Crippen LogP contribution in [-0.4, -0.2) is 12.1 Å². The number of carbonyl (C=O) groups is 1. The van der Waals surface area contributed by atoms with Crippen LogP contribution in [0.1, 0.15) is 26.1 Å². The first-order chi connectivity index (χ1) is 8.85. The average Bonchev–Trinajstić information content (AvgIpc) is 2.46.